The SMILES string of the molecule is Fc1cccc(C2=CCN(c3ccc(Cl)nn3)C2)c1. The maximum atomic E-state index is 13.2. The molecule has 0 unspecified atom stereocenters. The Balaban J connectivity index is 1.78. The molecular weight excluding hydrogens is 265 g/mol. The standard InChI is InChI=1S/C14H11ClFN3/c15-13-4-5-14(18-17-13)19-7-6-11(9-19)10-2-1-3-12(16)8-10/h1-6,8H,7,9H2. The molecule has 0 amide bonds. The van der Waals surface area contributed by atoms with E-state index in [2.05, 4.69) is 21.2 Å². The third kappa shape index (κ3) is 2.58. The molecule has 3 rings (SSSR count). The topological polar surface area (TPSA) is 29.0 Å². The number of halogens is 2. The molecule has 0 atom stereocenters. The van der Waals surface area contributed by atoms with Crippen molar-refractivity contribution in [3.63, 3.8) is 0 Å². The number of rotatable bonds is 2. The zero-order valence-electron chi connectivity index (χ0n) is 10.1. The van der Waals surface area contributed by atoms with Crippen LogP contribution in [-0.4, -0.2) is 23.3 Å². The van der Waals surface area contributed by atoms with Crippen LogP contribution in [0, 0.1) is 5.82 Å². The second-order valence-corrected chi connectivity index (χ2v) is 4.72. The predicted molar refractivity (Wildman–Crippen MR) is 73.6 cm³/mol. The molecule has 0 fully saturated rings. The molecule has 0 aliphatic carbocycles. The van der Waals surface area contributed by atoms with E-state index in [1.165, 1.54) is 6.07 Å². The fourth-order valence-electron chi connectivity index (χ4n) is 2.10. The van der Waals surface area contributed by atoms with Crippen LogP contribution in [0.15, 0.2) is 42.5 Å². The minimum atomic E-state index is -0.219. The van der Waals surface area contributed by atoms with Crippen LogP contribution in [0.1, 0.15) is 5.56 Å². The van der Waals surface area contributed by atoms with Gasteiger partial charge in [-0.2, -0.15) is 0 Å². The van der Waals surface area contributed by atoms with E-state index in [4.69, 9.17) is 11.6 Å². The molecule has 1 aromatic heterocycles. The summed E-state index contributed by atoms with van der Waals surface area (Å²) < 4.78 is 13.2. The number of benzene rings is 1. The molecule has 1 aromatic carbocycles. The molecule has 0 saturated heterocycles. The highest BCUT2D eigenvalue weighted by Gasteiger charge is 2.17. The van der Waals surface area contributed by atoms with E-state index >= 15 is 0 Å². The van der Waals surface area contributed by atoms with E-state index < -0.39 is 0 Å². The van der Waals surface area contributed by atoms with Crippen molar-refractivity contribution in [3.8, 4) is 0 Å². The van der Waals surface area contributed by atoms with Crippen LogP contribution in [-0.2, 0) is 0 Å². The summed E-state index contributed by atoms with van der Waals surface area (Å²) in [6.07, 6.45) is 2.07. The van der Waals surface area contributed by atoms with Gasteiger partial charge in [0.15, 0.2) is 11.0 Å². The van der Waals surface area contributed by atoms with Crippen molar-refractivity contribution in [1.82, 2.24) is 10.2 Å². The fourth-order valence-corrected chi connectivity index (χ4v) is 2.21. The van der Waals surface area contributed by atoms with Gasteiger partial charge in [0.05, 0.1) is 0 Å². The van der Waals surface area contributed by atoms with Crippen molar-refractivity contribution >= 4 is 23.0 Å². The summed E-state index contributed by atoms with van der Waals surface area (Å²) >= 11 is 5.71. The molecule has 2 heterocycles. The van der Waals surface area contributed by atoms with Gasteiger partial charge >= 0.3 is 0 Å². The second-order valence-electron chi connectivity index (χ2n) is 4.33. The molecule has 1 aliphatic heterocycles. The number of aromatic nitrogens is 2. The van der Waals surface area contributed by atoms with Crippen LogP contribution in [0.4, 0.5) is 10.2 Å². The highest BCUT2D eigenvalue weighted by Crippen LogP contribution is 2.25. The highest BCUT2D eigenvalue weighted by molar-refractivity contribution is 6.29. The molecule has 0 saturated carbocycles. The van der Waals surface area contributed by atoms with Gasteiger partial charge in [0, 0.05) is 13.1 Å². The third-order valence-electron chi connectivity index (χ3n) is 3.06. The Morgan fingerprint density at radius 2 is 2.05 bits per heavy atom. The molecule has 3 nitrogen and oxygen atoms in total. The molecule has 2 aromatic rings. The van der Waals surface area contributed by atoms with Crippen molar-refractivity contribution in [3.05, 3.63) is 59.0 Å². The normalized spacial score (nSPS) is 14.6. The van der Waals surface area contributed by atoms with Gasteiger partial charge < -0.3 is 4.90 Å². The lowest BCUT2D eigenvalue weighted by molar-refractivity contribution is 0.627. The van der Waals surface area contributed by atoms with E-state index in [1.807, 2.05) is 12.1 Å². The maximum Gasteiger partial charge on any atom is 0.151 e. The van der Waals surface area contributed by atoms with Crippen LogP contribution < -0.4 is 4.90 Å². The lowest BCUT2D eigenvalue weighted by atomic mass is 10.1. The highest BCUT2D eigenvalue weighted by atomic mass is 35.5. The Morgan fingerprint density at radius 3 is 2.79 bits per heavy atom. The largest absolute Gasteiger partial charge is 0.347 e. The van der Waals surface area contributed by atoms with E-state index in [0.29, 0.717) is 11.7 Å². The van der Waals surface area contributed by atoms with Gasteiger partial charge in [0.25, 0.3) is 0 Å². The summed E-state index contributed by atoms with van der Waals surface area (Å²) in [4.78, 5) is 2.06. The summed E-state index contributed by atoms with van der Waals surface area (Å²) in [5.41, 5.74) is 2.00. The average Bonchev–Trinajstić information content (AvgIpc) is 2.89. The first-order valence-corrected chi connectivity index (χ1v) is 6.29. The van der Waals surface area contributed by atoms with Gasteiger partial charge in [-0.3, -0.25) is 0 Å². The van der Waals surface area contributed by atoms with Crippen LogP contribution in [0.25, 0.3) is 5.57 Å². The summed E-state index contributed by atoms with van der Waals surface area (Å²) in [5, 5.41) is 8.24. The van der Waals surface area contributed by atoms with Gasteiger partial charge in [0.1, 0.15) is 5.82 Å². The van der Waals surface area contributed by atoms with Crippen molar-refractivity contribution in [2.75, 3.05) is 18.0 Å². The first-order chi connectivity index (χ1) is 9.22. The molecule has 19 heavy (non-hydrogen) atoms. The number of hydrogen-bond donors (Lipinski definition) is 0. The first kappa shape index (κ1) is 12.1. The van der Waals surface area contributed by atoms with E-state index in [0.717, 1.165) is 23.5 Å². The number of nitrogens with zero attached hydrogens (tertiary/aromatic N) is 3. The van der Waals surface area contributed by atoms with Crippen LogP contribution in [0.5, 0.6) is 0 Å². The Bertz CT molecular complexity index is 625. The molecule has 5 heteroatoms. The summed E-state index contributed by atoms with van der Waals surface area (Å²) in [6, 6.07) is 10.2. The summed E-state index contributed by atoms with van der Waals surface area (Å²) in [6.45, 7) is 1.43. The van der Waals surface area contributed by atoms with Crippen LogP contribution in [0.3, 0.4) is 0 Å². The second kappa shape index (κ2) is 4.97. The van der Waals surface area contributed by atoms with E-state index in [9.17, 15) is 4.39 Å². The Labute approximate surface area is 115 Å². The molecule has 96 valence electrons. The monoisotopic (exact) mass is 275 g/mol. The molecule has 0 radical (unpaired) electrons. The first-order valence-electron chi connectivity index (χ1n) is 5.91. The zero-order valence-corrected chi connectivity index (χ0v) is 10.8. The Kier molecular flexibility index (Phi) is 3.17. The minimum absolute atomic E-state index is 0.219. The molecule has 0 N–H and O–H groups in total. The minimum Gasteiger partial charge on any atom is -0.347 e. The van der Waals surface area contributed by atoms with Crippen LogP contribution >= 0.6 is 11.6 Å². The lowest BCUT2D eigenvalue weighted by Crippen LogP contribution is -2.21. The molecule has 0 bridgehead atoms. The van der Waals surface area contributed by atoms with Crippen molar-refractivity contribution in [1.29, 1.82) is 0 Å². The van der Waals surface area contributed by atoms with Gasteiger partial charge in [-0.15, -0.1) is 10.2 Å². The average molecular weight is 276 g/mol. The zero-order chi connectivity index (χ0) is 13.2. The lowest BCUT2D eigenvalue weighted by Gasteiger charge is -2.16. The van der Waals surface area contributed by atoms with E-state index in [-0.39, 0.29) is 5.82 Å². The smallest absolute Gasteiger partial charge is 0.151 e. The Morgan fingerprint density at radius 1 is 1.16 bits per heavy atom. The Hall–Kier alpha value is -1.94. The summed E-state index contributed by atoms with van der Waals surface area (Å²) in [7, 11) is 0. The van der Waals surface area contributed by atoms with Gasteiger partial charge in [-0.25, -0.2) is 4.39 Å². The molecular formula is C14H11ClFN3. The van der Waals surface area contributed by atoms with E-state index in [1.54, 1.807) is 18.2 Å². The number of anilines is 1. The maximum absolute atomic E-state index is 13.2. The quantitative estimate of drug-likeness (QED) is 0.843. The van der Waals surface area contributed by atoms with Gasteiger partial charge in [-0.1, -0.05) is 29.8 Å². The van der Waals surface area contributed by atoms with Crippen molar-refractivity contribution in [2.45, 2.75) is 0 Å². The van der Waals surface area contributed by atoms with Gasteiger partial charge in [-0.05, 0) is 35.4 Å². The predicted octanol–water partition coefficient (Wildman–Crippen LogP) is 3.17. The van der Waals surface area contributed by atoms with Crippen molar-refractivity contribution < 1.29 is 4.39 Å². The fraction of sp³-hybridized carbons (Fsp3) is 0.143. The third-order valence-corrected chi connectivity index (χ3v) is 3.26. The van der Waals surface area contributed by atoms with Crippen molar-refractivity contribution in [2.24, 2.45) is 0 Å². The molecule has 0 spiro atoms. The number of hydrogen-bond acceptors (Lipinski definition) is 3. The van der Waals surface area contributed by atoms with Crippen LogP contribution in [0.2, 0.25) is 5.15 Å². The molecule has 1 aliphatic rings. The summed E-state index contributed by atoms with van der Waals surface area (Å²) in [5.74, 6) is 0.551. The van der Waals surface area contributed by atoms with Gasteiger partial charge in [0.2, 0.25) is 0 Å².